The summed E-state index contributed by atoms with van der Waals surface area (Å²) in [5.41, 5.74) is 17.7. The molecule has 12 rings (SSSR count). The molecule has 280 valence electrons. The predicted molar refractivity (Wildman–Crippen MR) is 244 cm³/mol. The lowest BCUT2D eigenvalue weighted by Gasteiger charge is -2.42. The van der Waals surface area contributed by atoms with Gasteiger partial charge < -0.3 is 19.0 Å². The van der Waals surface area contributed by atoms with Crippen LogP contribution in [0.3, 0.4) is 0 Å². The molecule has 3 aliphatic rings. The molecule has 2 atom stereocenters. The van der Waals surface area contributed by atoms with Crippen molar-refractivity contribution in [2.45, 2.75) is 25.7 Å². The Balaban J connectivity index is 1.02. The number of rotatable bonds is 6. The molecule has 59 heavy (non-hydrogen) atoms. The summed E-state index contributed by atoms with van der Waals surface area (Å²) >= 11 is 0. The number of furan rings is 1. The first-order valence-electron chi connectivity index (χ1n) is 20.6. The van der Waals surface area contributed by atoms with E-state index in [1.807, 2.05) is 0 Å². The Labute approximate surface area is 344 Å². The molecule has 1 aromatic heterocycles. The van der Waals surface area contributed by atoms with Crippen LogP contribution >= 0.6 is 0 Å². The van der Waals surface area contributed by atoms with Crippen LogP contribution in [0.15, 0.2) is 192 Å². The second kappa shape index (κ2) is 13.2. The highest BCUT2D eigenvalue weighted by molar-refractivity contribution is 6.98. The van der Waals surface area contributed by atoms with Gasteiger partial charge in [0, 0.05) is 68.7 Å². The third-order valence-electron chi connectivity index (χ3n) is 12.7. The minimum atomic E-state index is 0.0292. The van der Waals surface area contributed by atoms with E-state index in [2.05, 4.69) is 212 Å². The Morgan fingerprint density at radius 2 is 1.07 bits per heavy atom. The van der Waals surface area contributed by atoms with Gasteiger partial charge in [-0.15, -0.1) is 0 Å². The van der Waals surface area contributed by atoms with Crippen molar-refractivity contribution in [3.63, 3.8) is 0 Å². The molecule has 9 aromatic rings. The molecule has 2 aliphatic heterocycles. The van der Waals surface area contributed by atoms with Crippen LogP contribution in [0.2, 0.25) is 0 Å². The van der Waals surface area contributed by atoms with E-state index in [-0.39, 0.29) is 18.5 Å². The van der Waals surface area contributed by atoms with E-state index >= 15 is 0 Å². The van der Waals surface area contributed by atoms with Gasteiger partial charge in [-0.05, 0) is 113 Å². The molecule has 0 N–H and O–H groups in total. The SMILES string of the molecule is Cc1cc2c3c(c1)[C@@H]1c4c(cccc4-c4oc5cc(N(c6ccccc6)c6ccccc6)ccc5c4C1C)B3c1ccc(N(c3ccccc3)c3ccccc3)cc1O2. The first-order chi connectivity index (χ1) is 29.1. The van der Waals surface area contributed by atoms with Crippen molar-refractivity contribution in [1.29, 1.82) is 0 Å². The molecule has 5 heteroatoms. The van der Waals surface area contributed by atoms with Crippen molar-refractivity contribution in [2.75, 3.05) is 9.80 Å². The summed E-state index contributed by atoms with van der Waals surface area (Å²) in [6.07, 6.45) is 0. The molecule has 0 amide bonds. The number of benzene rings is 8. The van der Waals surface area contributed by atoms with Gasteiger partial charge in [0.25, 0.3) is 6.71 Å². The number of hydrogen-bond donors (Lipinski definition) is 0. The third kappa shape index (κ3) is 5.17. The van der Waals surface area contributed by atoms with Crippen LogP contribution in [0.25, 0.3) is 22.3 Å². The zero-order valence-corrected chi connectivity index (χ0v) is 32.8. The van der Waals surface area contributed by atoms with E-state index in [9.17, 15) is 0 Å². The van der Waals surface area contributed by atoms with Gasteiger partial charge in [0.15, 0.2) is 0 Å². The Kier molecular flexibility index (Phi) is 7.55. The van der Waals surface area contributed by atoms with E-state index in [4.69, 9.17) is 9.15 Å². The Bertz CT molecular complexity index is 2990. The van der Waals surface area contributed by atoms with Crippen molar-refractivity contribution in [1.82, 2.24) is 0 Å². The van der Waals surface area contributed by atoms with Crippen molar-refractivity contribution in [2.24, 2.45) is 0 Å². The van der Waals surface area contributed by atoms with Gasteiger partial charge >= 0.3 is 0 Å². The maximum absolute atomic E-state index is 7.08. The summed E-state index contributed by atoms with van der Waals surface area (Å²) in [5.74, 6) is 3.17. The van der Waals surface area contributed by atoms with Crippen LogP contribution < -0.4 is 30.9 Å². The summed E-state index contributed by atoms with van der Waals surface area (Å²) in [6, 6.07) is 67.3. The van der Waals surface area contributed by atoms with Crippen LogP contribution in [0.5, 0.6) is 11.5 Å². The van der Waals surface area contributed by atoms with Crippen LogP contribution in [0.4, 0.5) is 34.1 Å². The minimum absolute atomic E-state index is 0.0292. The number of aryl methyl sites for hydroxylation is 1. The van der Waals surface area contributed by atoms with Crippen LogP contribution in [-0.4, -0.2) is 6.71 Å². The Morgan fingerprint density at radius 1 is 0.492 bits per heavy atom. The van der Waals surface area contributed by atoms with E-state index in [0.717, 1.165) is 57.0 Å². The number of fused-ring (bicyclic) bond motifs is 8. The maximum atomic E-state index is 7.08. The van der Waals surface area contributed by atoms with E-state index < -0.39 is 0 Å². The molecule has 0 radical (unpaired) electrons. The summed E-state index contributed by atoms with van der Waals surface area (Å²) in [4.78, 5) is 4.60. The van der Waals surface area contributed by atoms with Crippen molar-refractivity contribution in [3.8, 4) is 22.8 Å². The van der Waals surface area contributed by atoms with Gasteiger partial charge in [0.2, 0.25) is 0 Å². The lowest BCUT2D eigenvalue weighted by Crippen LogP contribution is -2.60. The Hall–Kier alpha value is -7.24. The first kappa shape index (κ1) is 33.9. The quantitative estimate of drug-likeness (QED) is 0.158. The number of nitrogens with zero attached hydrogens (tertiary/aromatic N) is 2. The van der Waals surface area contributed by atoms with Gasteiger partial charge in [0.1, 0.15) is 22.8 Å². The number of para-hydroxylation sites is 4. The molecule has 0 saturated carbocycles. The molecule has 0 spiro atoms. The predicted octanol–water partition coefficient (Wildman–Crippen LogP) is 12.5. The largest absolute Gasteiger partial charge is 0.458 e. The highest BCUT2D eigenvalue weighted by atomic mass is 16.5. The second-order valence-electron chi connectivity index (χ2n) is 16.1. The zero-order valence-electron chi connectivity index (χ0n) is 32.8. The average Bonchev–Trinajstić information content (AvgIpc) is 3.67. The molecular formula is C54H39BN2O2. The fourth-order valence-corrected chi connectivity index (χ4v) is 10.3. The topological polar surface area (TPSA) is 28.9 Å². The lowest BCUT2D eigenvalue weighted by atomic mass is 9.31. The van der Waals surface area contributed by atoms with E-state index in [1.54, 1.807) is 0 Å². The third-order valence-corrected chi connectivity index (χ3v) is 12.7. The van der Waals surface area contributed by atoms with Crippen molar-refractivity contribution >= 4 is 68.2 Å². The highest BCUT2D eigenvalue weighted by Gasteiger charge is 2.48. The molecule has 0 saturated heterocycles. The molecule has 1 unspecified atom stereocenters. The highest BCUT2D eigenvalue weighted by Crippen LogP contribution is 2.55. The summed E-state index contributed by atoms with van der Waals surface area (Å²) < 4.78 is 14.1. The van der Waals surface area contributed by atoms with Gasteiger partial charge in [-0.2, -0.15) is 0 Å². The molecular weight excluding hydrogens is 719 g/mol. The second-order valence-corrected chi connectivity index (χ2v) is 16.1. The summed E-state index contributed by atoms with van der Waals surface area (Å²) in [5, 5.41) is 1.17. The summed E-state index contributed by atoms with van der Waals surface area (Å²) in [6.45, 7) is 4.63. The first-order valence-corrected chi connectivity index (χ1v) is 20.6. The number of anilines is 6. The normalized spacial score (nSPS) is 15.4. The molecule has 1 aliphatic carbocycles. The van der Waals surface area contributed by atoms with Gasteiger partial charge in [-0.3, -0.25) is 0 Å². The average molecular weight is 759 g/mol. The van der Waals surface area contributed by atoms with Gasteiger partial charge in [-0.1, -0.05) is 116 Å². The fraction of sp³-hybridized carbons (Fsp3) is 0.0741. The minimum Gasteiger partial charge on any atom is -0.458 e. The number of hydrogen-bond acceptors (Lipinski definition) is 4. The standard InChI is InChI=1S/C54H39BN2O2/c1-34-30-44-50-35(2)51-42-28-26-40(56(36-16-7-3-8-17-36)37-18-9-4-10-19-37)32-47(42)59-54(51)43-24-15-25-46(52(43)50)55-45-29-27-41(33-48(45)58-49(31-34)53(44)55)57(38-20-11-5-12-21-38)39-22-13-6-14-23-39/h3-33,35,50H,1-2H3/t35?,50-/m1/s1. The zero-order chi connectivity index (χ0) is 39.2. The van der Waals surface area contributed by atoms with Crippen LogP contribution in [-0.2, 0) is 0 Å². The molecule has 0 fully saturated rings. The van der Waals surface area contributed by atoms with Crippen LogP contribution in [0, 0.1) is 6.92 Å². The number of ether oxygens (including phenoxy) is 1. The monoisotopic (exact) mass is 758 g/mol. The van der Waals surface area contributed by atoms with Gasteiger partial charge in [-0.25, -0.2) is 0 Å². The summed E-state index contributed by atoms with van der Waals surface area (Å²) in [7, 11) is 0. The molecule has 0 bridgehead atoms. The van der Waals surface area contributed by atoms with Crippen molar-refractivity contribution in [3.05, 3.63) is 210 Å². The lowest BCUT2D eigenvalue weighted by molar-refractivity contribution is 0.485. The van der Waals surface area contributed by atoms with Crippen LogP contribution in [0.1, 0.15) is 41.0 Å². The van der Waals surface area contributed by atoms with E-state index in [0.29, 0.717) is 0 Å². The fourth-order valence-electron chi connectivity index (χ4n) is 10.3. The molecule has 8 aromatic carbocycles. The molecule has 4 nitrogen and oxygen atoms in total. The molecule has 3 heterocycles. The maximum Gasteiger partial charge on any atom is 0.251 e. The Morgan fingerprint density at radius 3 is 1.68 bits per heavy atom. The van der Waals surface area contributed by atoms with Crippen molar-refractivity contribution < 1.29 is 9.15 Å². The van der Waals surface area contributed by atoms with E-state index in [1.165, 1.54) is 49.6 Å². The van der Waals surface area contributed by atoms with Gasteiger partial charge in [0.05, 0.1) is 0 Å². The smallest absolute Gasteiger partial charge is 0.251 e.